The first-order valence-electron chi connectivity index (χ1n) is 5.70. The summed E-state index contributed by atoms with van der Waals surface area (Å²) < 4.78 is 5.56. The van der Waals surface area contributed by atoms with E-state index in [0.717, 1.165) is 29.2 Å². The average Bonchev–Trinajstić information content (AvgIpc) is 2.29. The highest BCUT2D eigenvalue weighted by Gasteiger charge is 2.13. The molecule has 16 heavy (non-hydrogen) atoms. The molecule has 1 rings (SSSR count). The predicted octanol–water partition coefficient (Wildman–Crippen LogP) is 3.34. The predicted molar refractivity (Wildman–Crippen MR) is 69.1 cm³/mol. The van der Waals surface area contributed by atoms with Crippen molar-refractivity contribution < 1.29 is 4.74 Å². The minimum absolute atomic E-state index is 0.166. The van der Waals surface area contributed by atoms with E-state index in [1.54, 1.807) is 0 Å². The van der Waals surface area contributed by atoms with Crippen molar-refractivity contribution in [3.63, 3.8) is 0 Å². The van der Waals surface area contributed by atoms with Crippen LogP contribution in [0, 0.1) is 6.92 Å². The number of rotatable bonds is 6. The Hall–Kier alpha value is -0.570. The van der Waals surface area contributed by atoms with E-state index >= 15 is 0 Å². The highest BCUT2D eigenvalue weighted by molar-refractivity contribution is 6.32. The van der Waals surface area contributed by atoms with Gasteiger partial charge in [0.2, 0.25) is 0 Å². The van der Waals surface area contributed by atoms with Gasteiger partial charge in [0.25, 0.3) is 0 Å². The van der Waals surface area contributed by atoms with Crippen molar-refractivity contribution in [1.82, 2.24) is 5.32 Å². The lowest BCUT2D eigenvalue weighted by atomic mass is 10.1. The summed E-state index contributed by atoms with van der Waals surface area (Å²) in [6.45, 7) is 5.58. The summed E-state index contributed by atoms with van der Waals surface area (Å²) in [6.07, 6.45) is 1.04. The van der Waals surface area contributed by atoms with E-state index in [-0.39, 0.29) is 6.04 Å². The molecule has 3 heteroatoms. The SMILES string of the molecule is CCCOCC(NC)c1cccc(C)c1Cl. The largest absolute Gasteiger partial charge is 0.379 e. The molecule has 0 radical (unpaired) electrons. The standard InChI is InChI=1S/C13H20ClNO/c1-4-8-16-9-12(15-3)11-7-5-6-10(2)13(11)14/h5-7,12,15H,4,8-9H2,1-3H3. The van der Waals surface area contributed by atoms with Gasteiger partial charge in [-0.2, -0.15) is 0 Å². The molecule has 0 aromatic heterocycles. The molecule has 90 valence electrons. The lowest BCUT2D eigenvalue weighted by Crippen LogP contribution is -2.22. The van der Waals surface area contributed by atoms with Gasteiger partial charge in [-0.15, -0.1) is 0 Å². The van der Waals surface area contributed by atoms with Crippen LogP contribution in [-0.2, 0) is 4.74 Å². The Labute approximate surface area is 103 Å². The third-order valence-corrected chi connectivity index (χ3v) is 3.09. The van der Waals surface area contributed by atoms with Gasteiger partial charge < -0.3 is 10.1 Å². The normalized spacial score (nSPS) is 12.8. The quantitative estimate of drug-likeness (QED) is 0.772. The molecule has 0 saturated carbocycles. The number of hydrogen-bond donors (Lipinski definition) is 1. The molecule has 2 nitrogen and oxygen atoms in total. The van der Waals surface area contributed by atoms with Gasteiger partial charge in [-0.05, 0) is 31.5 Å². The fourth-order valence-corrected chi connectivity index (χ4v) is 1.87. The van der Waals surface area contributed by atoms with Gasteiger partial charge in [0.05, 0.1) is 12.6 Å². The number of ether oxygens (including phenoxy) is 1. The second-order valence-electron chi connectivity index (χ2n) is 3.89. The highest BCUT2D eigenvalue weighted by atomic mass is 35.5. The van der Waals surface area contributed by atoms with Crippen LogP contribution in [0.2, 0.25) is 5.02 Å². The second-order valence-corrected chi connectivity index (χ2v) is 4.27. The maximum Gasteiger partial charge on any atom is 0.0661 e. The van der Waals surface area contributed by atoms with Gasteiger partial charge in [-0.1, -0.05) is 36.7 Å². The molecule has 0 aliphatic carbocycles. The molecule has 1 atom stereocenters. The molecule has 0 bridgehead atoms. The van der Waals surface area contributed by atoms with Gasteiger partial charge in [0, 0.05) is 11.6 Å². The van der Waals surface area contributed by atoms with Gasteiger partial charge in [0.15, 0.2) is 0 Å². The van der Waals surface area contributed by atoms with Crippen LogP contribution in [0.25, 0.3) is 0 Å². The number of likely N-dealkylation sites (N-methyl/N-ethyl adjacent to an activating group) is 1. The topological polar surface area (TPSA) is 21.3 Å². The Balaban J connectivity index is 2.74. The lowest BCUT2D eigenvalue weighted by molar-refractivity contribution is 0.114. The summed E-state index contributed by atoms with van der Waals surface area (Å²) in [4.78, 5) is 0. The van der Waals surface area contributed by atoms with Gasteiger partial charge in [-0.25, -0.2) is 0 Å². The zero-order valence-corrected chi connectivity index (χ0v) is 11.0. The minimum Gasteiger partial charge on any atom is -0.379 e. The van der Waals surface area contributed by atoms with Gasteiger partial charge in [-0.3, -0.25) is 0 Å². The average molecular weight is 242 g/mol. The van der Waals surface area contributed by atoms with Crippen molar-refractivity contribution in [3.8, 4) is 0 Å². The molecule has 0 saturated heterocycles. The minimum atomic E-state index is 0.166. The van der Waals surface area contributed by atoms with Crippen molar-refractivity contribution in [2.24, 2.45) is 0 Å². The Kier molecular flexibility index (Phi) is 5.81. The van der Waals surface area contributed by atoms with Gasteiger partial charge in [0.1, 0.15) is 0 Å². The summed E-state index contributed by atoms with van der Waals surface area (Å²) in [5.74, 6) is 0. The zero-order chi connectivity index (χ0) is 12.0. The number of nitrogens with one attached hydrogen (secondary N) is 1. The van der Waals surface area contributed by atoms with Crippen LogP contribution in [0.3, 0.4) is 0 Å². The Morgan fingerprint density at radius 1 is 1.44 bits per heavy atom. The van der Waals surface area contributed by atoms with Crippen LogP contribution in [0.5, 0.6) is 0 Å². The van der Waals surface area contributed by atoms with E-state index in [9.17, 15) is 0 Å². The van der Waals surface area contributed by atoms with E-state index < -0.39 is 0 Å². The van der Waals surface area contributed by atoms with Crippen molar-refractivity contribution >= 4 is 11.6 Å². The Morgan fingerprint density at radius 2 is 2.19 bits per heavy atom. The van der Waals surface area contributed by atoms with Crippen LogP contribution in [0.1, 0.15) is 30.5 Å². The first-order valence-corrected chi connectivity index (χ1v) is 6.08. The number of aryl methyl sites for hydroxylation is 1. The Bertz CT molecular complexity index is 328. The first kappa shape index (κ1) is 13.5. The Morgan fingerprint density at radius 3 is 2.81 bits per heavy atom. The molecule has 1 aromatic carbocycles. The zero-order valence-electron chi connectivity index (χ0n) is 10.2. The molecule has 1 unspecified atom stereocenters. The van der Waals surface area contributed by atoms with Crippen LogP contribution >= 0.6 is 11.6 Å². The molecule has 0 fully saturated rings. The fraction of sp³-hybridized carbons (Fsp3) is 0.538. The van der Waals surface area contributed by atoms with Gasteiger partial charge >= 0.3 is 0 Å². The van der Waals surface area contributed by atoms with E-state index in [4.69, 9.17) is 16.3 Å². The van der Waals surface area contributed by atoms with Crippen LogP contribution < -0.4 is 5.32 Å². The van der Waals surface area contributed by atoms with Crippen LogP contribution in [-0.4, -0.2) is 20.3 Å². The number of halogens is 1. The molecule has 0 aliphatic rings. The highest BCUT2D eigenvalue weighted by Crippen LogP contribution is 2.26. The summed E-state index contributed by atoms with van der Waals surface area (Å²) in [5, 5.41) is 4.07. The molecule has 1 aromatic rings. The third kappa shape index (κ3) is 3.48. The molecule has 0 amide bonds. The van der Waals surface area contributed by atoms with E-state index in [2.05, 4.69) is 12.2 Å². The molecule has 0 spiro atoms. The van der Waals surface area contributed by atoms with Crippen molar-refractivity contribution in [3.05, 3.63) is 34.3 Å². The maximum atomic E-state index is 6.28. The first-order chi connectivity index (χ1) is 7.70. The van der Waals surface area contributed by atoms with E-state index in [0.29, 0.717) is 6.61 Å². The third-order valence-electron chi connectivity index (χ3n) is 2.58. The van der Waals surface area contributed by atoms with E-state index in [1.807, 2.05) is 32.2 Å². The molecular formula is C13H20ClNO. The smallest absolute Gasteiger partial charge is 0.0661 e. The van der Waals surface area contributed by atoms with Crippen molar-refractivity contribution in [2.45, 2.75) is 26.3 Å². The summed E-state index contributed by atoms with van der Waals surface area (Å²) >= 11 is 6.28. The fourth-order valence-electron chi connectivity index (χ4n) is 1.61. The maximum absolute atomic E-state index is 6.28. The number of hydrogen-bond acceptors (Lipinski definition) is 2. The second kappa shape index (κ2) is 6.89. The number of benzene rings is 1. The monoisotopic (exact) mass is 241 g/mol. The summed E-state index contributed by atoms with van der Waals surface area (Å²) in [7, 11) is 1.93. The molecule has 0 heterocycles. The molecule has 0 aliphatic heterocycles. The van der Waals surface area contributed by atoms with Crippen molar-refractivity contribution in [1.29, 1.82) is 0 Å². The summed E-state index contributed by atoms with van der Waals surface area (Å²) in [6, 6.07) is 6.26. The van der Waals surface area contributed by atoms with Crippen LogP contribution in [0.4, 0.5) is 0 Å². The molecule has 1 N–H and O–H groups in total. The van der Waals surface area contributed by atoms with Crippen LogP contribution in [0.15, 0.2) is 18.2 Å². The lowest BCUT2D eigenvalue weighted by Gasteiger charge is -2.18. The van der Waals surface area contributed by atoms with E-state index in [1.165, 1.54) is 0 Å². The molecular weight excluding hydrogens is 222 g/mol. The summed E-state index contributed by atoms with van der Waals surface area (Å²) in [5.41, 5.74) is 2.22. The van der Waals surface area contributed by atoms with Crippen molar-refractivity contribution in [2.75, 3.05) is 20.3 Å².